The number of aromatic nitrogens is 1. The zero-order chi connectivity index (χ0) is 10.7. The molecule has 1 heterocycles. The highest BCUT2D eigenvalue weighted by molar-refractivity contribution is 5.08. The summed E-state index contributed by atoms with van der Waals surface area (Å²) in [5.41, 5.74) is 1.24. The van der Waals surface area contributed by atoms with Crippen molar-refractivity contribution >= 4 is 0 Å². The van der Waals surface area contributed by atoms with E-state index in [1.54, 1.807) is 0 Å². The molecule has 1 aliphatic rings. The van der Waals surface area contributed by atoms with Gasteiger partial charge in [0.25, 0.3) is 0 Å². The Balaban J connectivity index is 1.82. The van der Waals surface area contributed by atoms with Crippen LogP contribution in [0.15, 0.2) is 18.3 Å². The predicted molar refractivity (Wildman–Crippen MR) is 60.6 cm³/mol. The van der Waals surface area contributed by atoms with Gasteiger partial charge in [-0.1, -0.05) is 0 Å². The maximum Gasteiger partial charge on any atom is 0.0541 e. The van der Waals surface area contributed by atoms with Gasteiger partial charge in [0, 0.05) is 24.0 Å². The summed E-state index contributed by atoms with van der Waals surface area (Å²) in [4.78, 5) is 3.22. The third-order valence-electron chi connectivity index (χ3n) is 3.27. The maximum absolute atomic E-state index is 9.41. The Kier molecular flexibility index (Phi) is 3.44. The normalized spacial score (nSPS) is 28.9. The molecule has 3 N–H and O–H groups in total. The number of aliphatic hydroxyl groups is 1. The number of hydrogen-bond donors (Lipinski definition) is 3. The summed E-state index contributed by atoms with van der Waals surface area (Å²) in [5, 5.41) is 13.0. The smallest absolute Gasteiger partial charge is 0.0541 e. The molecule has 1 saturated carbocycles. The van der Waals surface area contributed by atoms with E-state index in [1.807, 2.05) is 12.3 Å². The lowest BCUT2D eigenvalue weighted by atomic mass is 9.92. The third-order valence-corrected chi connectivity index (χ3v) is 3.27. The summed E-state index contributed by atoms with van der Waals surface area (Å²) < 4.78 is 0. The lowest BCUT2D eigenvalue weighted by molar-refractivity contribution is 0.114. The molecule has 1 fully saturated rings. The van der Waals surface area contributed by atoms with Crippen LogP contribution in [0.3, 0.4) is 0 Å². The number of aliphatic hydroxyl groups excluding tert-OH is 1. The summed E-state index contributed by atoms with van der Waals surface area (Å²) in [6, 6.07) is 5.07. The monoisotopic (exact) mass is 208 g/mol. The highest BCUT2D eigenvalue weighted by Crippen LogP contribution is 2.21. The van der Waals surface area contributed by atoms with Gasteiger partial charge < -0.3 is 15.4 Å². The topological polar surface area (TPSA) is 48.0 Å². The second kappa shape index (κ2) is 4.81. The Hall–Kier alpha value is -0.800. The molecule has 2 rings (SSSR count). The van der Waals surface area contributed by atoms with Crippen molar-refractivity contribution in [3.05, 3.63) is 24.0 Å². The minimum atomic E-state index is -0.0659. The van der Waals surface area contributed by atoms with Gasteiger partial charge >= 0.3 is 0 Å². The number of rotatable bonds is 3. The van der Waals surface area contributed by atoms with Crippen molar-refractivity contribution in [1.82, 2.24) is 10.3 Å². The molecule has 84 valence electrons. The van der Waals surface area contributed by atoms with E-state index in [4.69, 9.17) is 0 Å². The Morgan fingerprint density at radius 1 is 1.40 bits per heavy atom. The van der Waals surface area contributed by atoms with Crippen LogP contribution in [-0.4, -0.2) is 22.2 Å². The quantitative estimate of drug-likeness (QED) is 0.711. The first-order chi connectivity index (χ1) is 7.25. The molecule has 0 aliphatic heterocycles. The van der Waals surface area contributed by atoms with Crippen LogP contribution in [0.25, 0.3) is 0 Å². The van der Waals surface area contributed by atoms with Gasteiger partial charge in [-0.25, -0.2) is 0 Å². The largest absolute Gasteiger partial charge is 0.393 e. The molecule has 3 nitrogen and oxygen atoms in total. The fraction of sp³-hybridized carbons (Fsp3) is 0.667. The number of aromatic amines is 1. The van der Waals surface area contributed by atoms with Crippen LogP contribution in [-0.2, 0) is 0 Å². The summed E-state index contributed by atoms with van der Waals surface area (Å²) in [6.07, 6.45) is 5.95. The first-order valence-electron chi connectivity index (χ1n) is 5.83. The summed E-state index contributed by atoms with van der Waals surface area (Å²) in [6.45, 7) is 2.18. The molecule has 1 atom stereocenters. The third kappa shape index (κ3) is 2.83. The van der Waals surface area contributed by atoms with E-state index in [0.717, 1.165) is 25.7 Å². The van der Waals surface area contributed by atoms with Crippen LogP contribution < -0.4 is 5.32 Å². The maximum atomic E-state index is 9.41. The van der Waals surface area contributed by atoms with Gasteiger partial charge in [0.1, 0.15) is 0 Å². The molecular formula is C12H20N2O. The fourth-order valence-electron chi connectivity index (χ4n) is 2.30. The molecule has 0 unspecified atom stereocenters. The van der Waals surface area contributed by atoms with E-state index in [1.165, 1.54) is 5.69 Å². The first-order valence-corrected chi connectivity index (χ1v) is 5.83. The molecule has 1 aromatic rings. The molecule has 0 radical (unpaired) electrons. The van der Waals surface area contributed by atoms with E-state index in [-0.39, 0.29) is 6.10 Å². The van der Waals surface area contributed by atoms with Crippen molar-refractivity contribution in [3.63, 3.8) is 0 Å². The number of H-pyrrole nitrogens is 1. The molecule has 0 spiro atoms. The lowest BCUT2D eigenvalue weighted by Gasteiger charge is -2.28. The van der Waals surface area contributed by atoms with Crippen molar-refractivity contribution in [3.8, 4) is 0 Å². The fourth-order valence-corrected chi connectivity index (χ4v) is 2.30. The average molecular weight is 208 g/mol. The van der Waals surface area contributed by atoms with Gasteiger partial charge in [-0.15, -0.1) is 0 Å². The van der Waals surface area contributed by atoms with Gasteiger partial charge in [0.05, 0.1) is 6.10 Å². The van der Waals surface area contributed by atoms with E-state index in [9.17, 15) is 5.11 Å². The van der Waals surface area contributed by atoms with Gasteiger partial charge in [-0.2, -0.15) is 0 Å². The summed E-state index contributed by atoms with van der Waals surface area (Å²) >= 11 is 0. The highest BCUT2D eigenvalue weighted by atomic mass is 16.3. The molecule has 0 aromatic carbocycles. The van der Waals surface area contributed by atoms with E-state index in [2.05, 4.69) is 23.3 Å². The number of nitrogens with one attached hydrogen (secondary N) is 2. The second-order valence-corrected chi connectivity index (χ2v) is 4.52. The summed E-state index contributed by atoms with van der Waals surface area (Å²) in [7, 11) is 0. The van der Waals surface area contributed by atoms with Gasteiger partial charge in [-0.3, -0.25) is 0 Å². The number of hydrogen-bond acceptors (Lipinski definition) is 2. The molecular weight excluding hydrogens is 188 g/mol. The van der Waals surface area contributed by atoms with Gasteiger partial charge in [0.2, 0.25) is 0 Å². The zero-order valence-corrected chi connectivity index (χ0v) is 9.24. The Morgan fingerprint density at radius 3 is 2.73 bits per heavy atom. The minimum absolute atomic E-state index is 0.0659. The average Bonchev–Trinajstić information content (AvgIpc) is 2.74. The molecule has 1 aliphatic carbocycles. The van der Waals surface area contributed by atoms with E-state index in [0.29, 0.717) is 12.1 Å². The minimum Gasteiger partial charge on any atom is -0.393 e. The zero-order valence-electron chi connectivity index (χ0n) is 9.24. The van der Waals surface area contributed by atoms with Crippen molar-refractivity contribution < 1.29 is 5.11 Å². The predicted octanol–water partition coefficient (Wildman–Crippen LogP) is 1.97. The SMILES string of the molecule is C[C@H](NC1CCC(O)CC1)c1ccc[nH]1. The van der Waals surface area contributed by atoms with Crippen molar-refractivity contribution in [2.24, 2.45) is 0 Å². The van der Waals surface area contributed by atoms with Crippen molar-refractivity contribution in [2.75, 3.05) is 0 Å². The molecule has 3 heteroatoms. The molecule has 15 heavy (non-hydrogen) atoms. The van der Waals surface area contributed by atoms with Gasteiger partial charge in [-0.05, 0) is 44.7 Å². The van der Waals surface area contributed by atoms with Crippen molar-refractivity contribution in [1.29, 1.82) is 0 Å². The van der Waals surface area contributed by atoms with Crippen LogP contribution in [0, 0.1) is 0 Å². The van der Waals surface area contributed by atoms with Crippen molar-refractivity contribution in [2.45, 2.75) is 50.8 Å². The Morgan fingerprint density at radius 2 is 2.13 bits per heavy atom. The van der Waals surface area contributed by atoms with Crippen LogP contribution in [0.4, 0.5) is 0 Å². The Bertz CT molecular complexity index is 276. The standard InChI is InChI=1S/C12H20N2O/c1-9(12-3-2-8-13-12)14-10-4-6-11(15)7-5-10/h2-3,8-11,13-15H,4-7H2,1H3/t9-,10?,11?/m0/s1. The van der Waals surface area contributed by atoms with Gasteiger partial charge in [0.15, 0.2) is 0 Å². The van der Waals surface area contributed by atoms with E-state index >= 15 is 0 Å². The lowest BCUT2D eigenvalue weighted by Crippen LogP contribution is -2.36. The summed E-state index contributed by atoms with van der Waals surface area (Å²) in [5.74, 6) is 0. The van der Waals surface area contributed by atoms with Crippen LogP contribution in [0.1, 0.15) is 44.3 Å². The molecule has 1 aromatic heterocycles. The van der Waals surface area contributed by atoms with Crippen LogP contribution >= 0.6 is 0 Å². The molecule has 0 saturated heterocycles. The first kappa shape index (κ1) is 10.7. The van der Waals surface area contributed by atoms with Crippen LogP contribution in [0.2, 0.25) is 0 Å². The highest BCUT2D eigenvalue weighted by Gasteiger charge is 2.20. The molecule has 0 bridgehead atoms. The Labute approximate surface area is 90.9 Å². The van der Waals surface area contributed by atoms with E-state index < -0.39 is 0 Å². The molecule has 0 amide bonds. The van der Waals surface area contributed by atoms with Crippen LogP contribution in [0.5, 0.6) is 0 Å². The second-order valence-electron chi connectivity index (χ2n) is 4.52.